The van der Waals surface area contributed by atoms with Crippen LogP contribution in [0, 0.1) is 0 Å². The van der Waals surface area contributed by atoms with Gasteiger partial charge in [0, 0.05) is 24.0 Å². The Bertz CT molecular complexity index is 936. The molecule has 182 valence electrons. The summed E-state index contributed by atoms with van der Waals surface area (Å²) in [6.07, 6.45) is 4.01. The minimum atomic E-state index is -0.123. The first-order chi connectivity index (χ1) is 16.4. The maximum Gasteiger partial charge on any atom is 0.240 e. The van der Waals surface area contributed by atoms with Gasteiger partial charge in [0.15, 0.2) is 0 Å². The Morgan fingerprint density at radius 2 is 1.12 bits per heavy atom. The van der Waals surface area contributed by atoms with E-state index in [9.17, 15) is 9.59 Å². The molecule has 0 saturated carbocycles. The molecule has 2 amide bonds. The molecule has 0 saturated heterocycles. The van der Waals surface area contributed by atoms with E-state index in [1.807, 2.05) is 62.4 Å². The van der Waals surface area contributed by atoms with Gasteiger partial charge in [0.05, 0.1) is 25.6 Å². The zero-order valence-electron chi connectivity index (χ0n) is 20.4. The van der Waals surface area contributed by atoms with Crippen LogP contribution in [0.15, 0.2) is 58.7 Å². The first-order valence-electron chi connectivity index (χ1n) is 11.4. The molecule has 0 aliphatic heterocycles. The molecule has 34 heavy (non-hydrogen) atoms. The molecule has 2 N–H and O–H groups in total. The normalized spacial score (nSPS) is 11.6. The van der Waals surface area contributed by atoms with Crippen LogP contribution >= 0.6 is 0 Å². The number of nitrogens with one attached hydrogen (secondary N) is 2. The Morgan fingerprint density at radius 1 is 0.706 bits per heavy atom. The van der Waals surface area contributed by atoms with E-state index >= 15 is 0 Å². The van der Waals surface area contributed by atoms with Gasteiger partial charge in [-0.1, -0.05) is 37.1 Å². The Kier molecular flexibility index (Phi) is 11.3. The van der Waals surface area contributed by atoms with Crippen LogP contribution in [-0.4, -0.2) is 37.5 Å². The van der Waals surface area contributed by atoms with Crippen LogP contribution in [0.3, 0.4) is 0 Å². The molecule has 0 aliphatic carbocycles. The second kappa shape index (κ2) is 14.5. The van der Waals surface area contributed by atoms with Crippen molar-refractivity contribution in [2.45, 2.75) is 52.4 Å². The molecule has 0 radical (unpaired) electrons. The molecule has 0 heterocycles. The van der Waals surface area contributed by atoms with Gasteiger partial charge < -0.3 is 9.47 Å². The third-order valence-corrected chi connectivity index (χ3v) is 5.23. The minimum Gasteiger partial charge on any atom is -0.497 e. The lowest BCUT2D eigenvalue weighted by atomic mass is 10.1. The van der Waals surface area contributed by atoms with Gasteiger partial charge in [-0.15, -0.1) is 0 Å². The lowest BCUT2D eigenvalue weighted by molar-refractivity contribution is -0.122. The summed E-state index contributed by atoms with van der Waals surface area (Å²) in [5.74, 6) is 1.24. The van der Waals surface area contributed by atoms with Gasteiger partial charge in [-0.05, 0) is 51.0 Å². The summed E-state index contributed by atoms with van der Waals surface area (Å²) in [6, 6.07) is 15.0. The van der Waals surface area contributed by atoms with E-state index in [1.165, 1.54) is 0 Å². The lowest BCUT2D eigenvalue weighted by Crippen LogP contribution is -2.19. The van der Waals surface area contributed by atoms with E-state index in [1.54, 1.807) is 14.2 Å². The summed E-state index contributed by atoms with van der Waals surface area (Å²) in [4.78, 5) is 24.0. The number of methoxy groups -OCH3 is 2. The number of rotatable bonds is 13. The number of carbonyl (C=O) groups excluding carboxylic acids is 2. The molecular weight excluding hydrogens is 432 g/mol. The number of unbranched alkanes of at least 4 members (excludes halogenated alkanes) is 3. The molecule has 0 aromatic heterocycles. The average Bonchev–Trinajstić information content (AvgIpc) is 2.87. The molecule has 8 nitrogen and oxygen atoms in total. The number of hydrogen-bond donors (Lipinski definition) is 2. The number of benzene rings is 2. The van der Waals surface area contributed by atoms with E-state index in [2.05, 4.69) is 21.1 Å². The van der Waals surface area contributed by atoms with Crippen LogP contribution < -0.4 is 20.3 Å². The van der Waals surface area contributed by atoms with Crippen molar-refractivity contribution < 1.29 is 19.1 Å². The standard InChI is InChI=1S/C26H34N4O4/c1-19(21-11-9-13-23(17-21)33-3)27-29-25(31)15-7-5-6-8-16-26(32)30-28-20(2)22-12-10-14-24(18-22)34-4/h9-14,17-18H,5-8,15-16H2,1-4H3,(H,29,31)(H,30,32)/b27-19+,28-20+. The fourth-order valence-corrected chi connectivity index (χ4v) is 3.15. The van der Waals surface area contributed by atoms with Crippen molar-refractivity contribution in [3.8, 4) is 11.5 Å². The van der Waals surface area contributed by atoms with Gasteiger partial charge >= 0.3 is 0 Å². The zero-order chi connectivity index (χ0) is 24.8. The predicted octanol–water partition coefficient (Wildman–Crippen LogP) is 4.43. The zero-order valence-corrected chi connectivity index (χ0v) is 20.4. The first-order valence-corrected chi connectivity index (χ1v) is 11.4. The summed E-state index contributed by atoms with van der Waals surface area (Å²) in [7, 11) is 3.22. The van der Waals surface area contributed by atoms with Crippen LogP contribution in [0.5, 0.6) is 11.5 Å². The summed E-state index contributed by atoms with van der Waals surface area (Å²) < 4.78 is 10.4. The molecule has 2 aromatic rings. The van der Waals surface area contributed by atoms with E-state index in [-0.39, 0.29) is 11.8 Å². The summed E-state index contributed by atoms with van der Waals surface area (Å²) >= 11 is 0. The molecule has 2 aromatic carbocycles. The Hall–Kier alpha value is -3.68. The predicted molar refractivity (Wildman–Crippen MR) is 134 cm³/mol. The highest BCUT2D eigenvalue weighted by atomic mass is 16.5. The van der Waals surface area contributed by atoms with E-state index in [0.717, 1.165) is 48.3 Å². The Morgan fingerprint density at radius 3 is 1.50 bits per heavy atom. The molecule has 0 unspecified atom stereocenters. The fraction of sp³-hybridized carbons (Fsp3) is 0.385. The number of hydrazone groups is 2. The van der Waals surface area contributed by atoms with Crippen LogP contribution in [0.2, 0.25) is 0 Å². The van der Waals surface area contributed by atoms with Crippen LogP contribution in [-0.2, 0) is 9.59 Å². The quantitative estimate of drug-likeness (QED) is 0.259. The van der Waals surface area contributed by atoms with Crippen molar-refractivity contribution >= 4 is 23.2 Å². The van der Waals surface area contributed by atoms with Crippen LogP contribution in [0.1, 0.15) is 63.5 Å². The molecule has 2 rings (SSSR count). The fourth-order valence-electron chi connectivity index (χ4n) is 3.15. The number of hydrogen-bond acceptors (Lipinski definition) is 6. The number of carbonyl (C=O) groups is 2. The van der Waals surface area contributed by atoms with Crippen LogP contribution in [0.4, 0.5) is 0 Å². The SMILES string of the molecule is COc1cccc(/C(C)=N/NC(=O)CCCCCCC(=O)N/N=C(\C)c2cccc(OC)c2)c1. The van der Waals surface area contributed by atoms with Crippen molar-refractivity contribution in [3.05, 3.63) is 59.7 Å². The lowest BCUT2D eigenvalue weighted by Gasteiger charge is -2.06. The topological polar surface area (TPSA) is 101 Å². The molecular formula is C26H34N4O4. The highest BCUT2D eigenvalue weighted by Gasteiger charge is 2.05. The van der Waals surface area contributed by atoms with Gasteiger partial charge in [-0.2, -0.15) is 10.2 Å². The van der Waals surface area contributed by atoms with Crippen molar-refractivity contribution in [3.63, 3.8) is 0 Å². The molecule has 0 aliphatic rings. The van der Waals surface area contributed by atoms with Gasteiger partial charge in [-0.25, -0.2) is 10.9 Å². The highest BCUT2D eigenvalue weighted by Crippen LogP contribution is 2.14. The average molecular weight is 467 g/mol. The molecule has 8 heteroatoms. The summed E-state index contributed by atoms with van der Waals surface area (Å²) in [5, 5.41) is 8.33. The smallest absolute Gasteiger partial charge is 0.240 e. The summed E-state index contributed by atoms with van der Waals surface area (Å²) in [6.45, 7) is 3.67. The van der Waals surface area contributed by atoms with Crippen molar-refractivity contribution in [1.29, 1.82) is 0 Å². The second-order valence-electron chi connectivity index (χ2n) is 7.84. The first kappa shape index (κ1) is 26.6. The van der Waals surface area contributed by atoms with E-state index in [0.29, 0.717) is 24.3 Å². The Labute approximate surface area is 201 Å². The van der Waals surface area contributed by atoms with Gasteiger partial charge in [0.1, 0.15) is 11.5 Å². The third-order valence-electron chi connectivity index (χ3n) is 5.23. The third kappa shape index (κ3) is 9.44. The maximum absolute atomic E-state index is 12.0. The second-order valence-corrected chi connectivity index (χ2v) is 7.84. The molecule has 0 spiro atoms. The van der Waals surface area contributed by atoms with Crippen molar-refractivity contribution in [2.75, 3.05) is 14.2 Å². The minimum absolute atomic E-state index is 0.123. The Balaban J connectivity index is 1.60. The number of ether oxygens (including phenoxy) is 2. The van der Waals surface area contributed by atoms with E-state index < -0.39 is 0 Å². The van der Waals surface area contributed by atoms with Crippen molar-refractivity contribution in [1.82, 2.24) is 10.9 Å². The molecule has 0 atom stereocenters. The highest BCUT2D eigenvalue weighted by molar-refractivity contribution is 6.00. The van der Waals surface area contributed by atoms with Crippen LogP contribution in [0.25, 0.3) is 0 Å². The maximum atomic E-state index is 12.0. The molecule has 0 bridgehead atoms. The number of amides is 2. The molecule has 0 fully saturated rings. The van der Waals surface area contributed by atoms with Crippen molar-refractivity contribution in [2.24, 2.45) is 10.2 Å². The van der Waals surface area contributed by atoms with E-state index in [4.69, 9.17) is 9.47 Å². The number of nitrogens with zero attached hydrogens (tertiary/aromatic N) is 2. The van der Waals surface area contributed by atoms with Gasteiger partial charge in [-0.3, -0.25) is 9.59 Å². The monoisotopic (exact) mass is 466 g/mol. The largest absolute Gasteiger partial charge is 0.497 e. The summed E-state index contributed by atoms with van der Waals surface area (Å²) in [5.41, 5.74) is 8.39. The van der Waals surface area contributed by atoms with Gasteiger partial charge in [0.25, 0.3) is 0 Å². The van der Waals surface area contributed by atoms with Gasteiger partial charge in [0.2, 0.25) is 11.8 Å².